The Kier molecular flexibility index (Phi) is 5.43. The standard InChI is InChI=1S/C16H11Cl2NO5/c1-24-15-7-9(6-13(16(15)21)19(22)23)2-5-14(20)11-4-3-10(17)8-12(11)18/h2-8,21H,1H3. The number of methoxy groups -OCH3 is 1. The van der Waals surface area contributed by atoms with Gasteiger partial charge in [-0.3, -0.25) is 14.9 Å². The lowest BCUT2D eigenvalue weighted by molar-refractivity contribution is -0.386. The van der Waals surface area contributed by atoms with Gasteiger partial charge < -0.3 is 9.84 Å². The number of halogens is 2. The van der Waals surface area contributed by atoms with Gasteiger partial charge in [-0.15, -0.1) is 0 Å². The van der Waals surface area contributed by atoms with E-state index >= 15 is 0 Å². The van der Waals surface area contributed by atoms with E-state index in [4.69, 9.17) is 27.9 Å². The molecule has 2 rings (SSSR count). The number of ketones is 1. The molecule has 124 valence electrons. The van der Waals surface area contributed by atoms with Gasteiger partial charge in [0.25, 0.3) is 0 Å². The highest BCUT2D eigenvalue weighted by Crippen LogP contribution is 2.37. The Balaban J connectivity index is 2.36. The van der Waals surface area contributed by atoms with E-state index in [-0.39, 0.29) is 16.3 Å². The van der Waals surface area contributed by atoms with Crippen LogP contribution >= 0.6 is 23.2 Å². The zero-order valence-corrected chi connectivity index (χ0v) is 13.8. The zero-order valence-electron chi connectivity index (χ0n) is 12.3. The lowest BCUT2D eigenvalue weighted by Gasteiger charge is -2.05. The third kappa shape index (κ3) is 3.84. The van der Waals surface area contributed by atoms with Crippen molar-refractivity contribution in [1.82, 2.24) is 0 Å². The molecular formula is C16H11Cl2NO5. The number of allylic oxidation sites excluding steroid dienone is 1. The first-order valence-electron chi connectivity index (χ1n) is 6.56. The molecule has 2 aromatic rings. The number of phenols is 1. The van der Waals surface area contributed by atoms with Crippen LogP contribution in [0.2, 0.25) is 10.0 Å². The maximum atomic E-state index is 12.2. The van der Waals surface area contributed by atoms with Gasteiger partial charge in [-0.2, -0.15) is 0 Å². The summed E-state index contributed by atoms with van der Waals surface area (Å²) in [6.07, 6.45) is 2.58. The Labute approximate surface area is 147 Å². The fourth-order valence-corrected chi connectivity index (χ4v) is 2.46. The second kappa shape index (κ2) is 7.33. The third-order valence-electron chi connectivity index (χ3n) is 3.12. The highest BCUT2D eigenvalue weighted by Gasteiger charge is 2.19. The van der Waals surface area contributed by atoms with E-state index in [1.54, 1.807) is 0 Å². The Morgan fingerprint density at radius 3 is 2.58 bits per heavy atom. The van der Waals surface area contributed by atoms with Gasteiger partial charge in [-0.05, 0) is 35.9 Å². The highest BCUT2D eigenvalue weighted by molar-refractivity contribution is 6.37. The summed E-state index contributed by atoms with van der Waals surface area (Å²) in [5.74, 6) is -1.04. The van der Waals surface area contributed by atoms with Crippen LogP contribution in [-0.2, 0) is 0 Å². The number of benzene rings is 2. The normalized spacial score (nSPS) is 10.8. The number of carbonyl (C=O) groups excluding carboxylic acids is 1. The second-order valence-corrected chi connectivity index (χ2v) is 5.51. The molecule has 0 aliphatic carbocycles. The molecule has 0 unspecified atom stereocenters. The van der Waals surface area contributed by atoms with Crippen molar-refractivity contribution in [1.29, 1.82) is 0 Å². The summed E-state index contributed by atoms with van der Waals surface area (Å²) in [7, 11) is 1.27. The molecule has 0 spiro atoms. The molecule has 6 nitrogen and oxygen atoms in total. The average Bonchev–Trinajstić information content (AvgIpc) is 2.53. The molecule has 8 heteroatoms. The number of nitro groups is 1. The number of phenolic OH excluding ortho intramolecular Hbond substituents is 1. The smallest absolute Gasteiger partial charge is 0.315 e. The van der Waals surface area contributed by atoms with E-state index in [0.29, 0.717) is 10.6 Å². The third-order valence-corrected chi connectivity index (χ3v) is 3.67. The van der Waals surface area contributed by atoms with Crippen molar-refractivity contribution in [2.45, 2.75) is 0 Å². The number of carbonyl (C=O) groups is 1. The van der Waals surface area contributed by atoms with Crippen molar-refractivity contribution >= 4 is 40.7 Å². The van der Waals surface area contributed by atoms with Crippen LogP contribution < -0.4 is 4.74 Å². The van der Waals surface area contributed by atoms with E-state index in [0.717, 1.165) is 6.07 Å². The maximum Gasteiger partial charge on any atom is 0.315 e. The minimum atomic E-state index is -0.743. The summed E-state index contributed by atoms with van der Waals surface area (Å²) in [6.45, 7) is 0. The van der Waals surface area contributed by atoms with Crippen LogP contribution in [0.4, 0.5) is 5.69 Å². The fourth-order valence-electron chi connectivity index (χ4n) is 1.96. The molecule has 0 fully saturated rings. The second-order valence-electron chi connectivity index (χ2n) is 4.67. The number of nitro benzene ring substituents is 1. The fraction of sp³-hybridized carbons (Fsp3) is 0.0625. The van der Waals surface area contributed by atoms with Crippen LogP contribution in [0.1, 0.15) is 15.9 Å². The van der Waals surface area contributed by atoms with Crippen LogP contribution in [-0.4, -0.2) is 22.9 Å². The van der Waals surface area contributed by atoms with Crippen LogP contribution in [0.3, 0.4) is 0 Å². The highest BCUT2D eigenvalue weighted by atomic mass is 35.5. The summed E-state index contributed by atoms with van der Waals surface area (Å²) >= 11 is 11.7. The predicted molar refractivity (Wildman–Crippen MR) is 91.1 cm³/mol. The first kappa shape index (κ1) is 17.8. The number of rotatable bonds is 5. The molecule has 0 atom stereocenters. The number of hydrogen-bond acceptors (Lipinski definition) is 5. The predicted octanol–water partition coefficient (Wildman–Crippen LogP) is 4.51. The summed E-state index contributed by atoms with van der Waals surface area (Å²) in [4.78, 5) is 22.4. The molecular weight excluding hydrogens is 357 g/mol. The zero-order chi connectivity index (χ0) is 17.9. The summed E-state index contributed by atoms with van der Waals surface area (Å²) in [5, 5.41) is 21.3. The summed E-state index contributed by atoms with van der Waals surface area (Å²) in [6, 6.07) is 6.96. The van der Waals surface area contributed by atoms with Crippen molar-refractivity contribution in [2.75, 3.05) is 7.11 Å². The lowest BCUT2D eigenvalue weighted by Crippen LogP contribution is -1.96. The first-order chi connectivity index (χ1) is 11.3. The molecule has 0 radical (unpaired) electrons. The lowest BCUT2D eigenvalue weighted by atomic mass is 10.1. The van der Waals surface area contributed by atoms with E-state index < -0.39 is 22.1 Å². The molecule has 0 aliphatic rings. The monoisotopic (exact) mass is 367 g/mol. The van der Waals surface area contributed by atoms with Gasteiger partial charge in [0.05, 0.1) is 17.1 Å². The molecule has 0 saturated carbocycles. The van der Waals surface area contributed by atoms with Gasteiger partial charge >= 0.3 is 5.69 Å². The summed E-state index contributed by atoms with van der Waals surface area (Å²) < 4.78 is 4.89. The molecule has 0 saturated heterocycles. The van der Waals surface area contributed by atoms with Crippen molar-refractivity contribution in [3.8, 4) is 11.5 Å². The Morgan fingerprint density at radius 1 is 1.29 bits per heavy atom. The van der Waals surface area contributed by atoms with Gasteiger partial charge in [0.15, 0.2) is 11.5 Å². The molecule has 1 N–H and O–H groups in total. The molecule has 2 aromatic carbocycles. The molecule has 0 amide bonds. The van der Waals surface area contributed by atoms with Gasteiger partial charge in [0.2, 0.25) is 5.75 Å². The van der Waals surface area contributed by atoms with Crippen molar-refractivity contribution in [2.24, 2.45) is 0 Å². The van der Waals surface area contributed by atoms with Gasteiger partial charge in [0.1, 0.15) is 0 Å². The number of nitrogens with zero attached hydrogens (tertiary/aromatic N) is 1. The summed E-state index contributed by atoms with van der Waals surface area (Å²) in [5.41, 5.74) is 0.0401. The molecule has 0 heterocycles. The van der Waals surface area contributed by atoms with E-state index in [9.17, 15) is 20.0 Å². The minimum Gasteiger partial charge on any atom is -0.500 e. The minimum absolute atomic E-state index is 0.0687. The average molecular weight is 368 g/mol. The number of hydrogen-bond donors (Lipinski definition) is 1. The van der Waals surface area contributed by atoms with E-state index in [1.807, 2.05) is 0 Å². The van der Waals surface area contributed by atoms with Crippen molar-refractivity contribution in [3.63, 3.8) is 0 Å². The van der Waals surface area contributed by atoms with Crippen LogP contribution in [0.25, 0.3) is 6.08 Å². The van der Waals surface area contributed by atoms with Gasteiger partial charge in [-0.25, -0.2) is 0 Å². The van der Waals surface area contributed by atoms with Crippen LogP contribution in [0.15, 0.2) is 36.4 Å². The first-order valence-corrected chi connectivity index (χ1v) is 7.32. The SMILES string of the molecule is COc1cc(C=CC(=O)c2ccc(Cl)cc2Cl)cc([N+](=O)[O-])c1O. The molecule has 0 aliphatic heterocycles. The Hall–Kier alpha value is -2.57. The largest absolute Gasteiger partial charge is 0.500 e. The van der Waals surface area contributed by atoms with Crippen molar-refractivity contribution < 1.29 is 19.6 Å². The van der Waals surface area contributed by atoms with Crippen LogP contribution in [0, 0.1) is 10.1 Å². The number of ether oxygens (including phenoxy) is 1. The topological polar surface area (TPSA) is 89.7 Å². The van der Waals surface area contributed by atoms with E-state index in [1.165, 1.54) is 43.5 Å². The Morgan fingerprint density at radius 2 is 2.00 bits per heavy atom. The van der Waals surface area contributed by atoms with Crippen molar-refractivity contribution in [3.05, 3.63) is 67.7 Å². The molecule has 0 aromatic heterocycles. The quantitative estimate of drug-likeness (QED) is 0.363. The maximum absolute atomic E-state index is 12.2. The Bertz CT molecular complexity index is 849. The van der Waals surface area contributed by atoms with Crippen LogP contribution in [0.5, 0.6) is 11.5 Å². The molecule has 0 bridgehead atoms. The number of aromatic hydroxyl groups is 1. The van der Waals surface area contributed by atoms with Gasteiger partial charge in [-0.1, -0.05) is 29.3 Å². The van der Waals surface area contributed by atoms with Gasteiger partial charge in [0, 0.05) is 16.7 Å². The van der Waals surface area contributed by atoms with E-state index in [2.05, 4.69) is 0 Å². The molecule has 24 heavy (non-hydrogen) atoms.